The summed E-state index contributed by atoms with van der Waals surface area (Å²) in [6, 6.07) is 17.1. The second kappa shape index (κ2) is 9.58. The highest BCUT2D eigenvalue weighted by molar-refractivity contribution is 7.17. The fraction of sp³-hybridized carbons (Fsp3) is 0.129. The molecule has 2 aromatic heterocycles. The number of aryl methyl sites for hydroxylation is 1. The van der Waals surface area contributed by atoms with Crippen LogP contribution in [0, 0.1) is 12.7 Å². The number of esters is 1. The van der Waals surface area contributed by atoms with Crippen molar-refractivity contribution in [2.75, 3.05) is 16.9 Å². The SMILES string of the molecule is COC(=O)c1sc(N2C(=O)c3oc4ccc(Cl)cc4c(=O)c3C23C(=O)N(Cc2ccccc2F)c2ccccc23)nc1C. The van der Waals surface area contributed by atoms with E-state index >= 15 is 0 Å². The molecule has 2 aliphatic heterocycles. The lowest BCUT2D eigenvalue weighted by Gasteiger charge is -2.32. The molecule has 5 aromatic rings. The molecular weight excluding hydrogens is 597 g/mol. The van der Waals surface area contributed by atoms with Gasteiger partial charge in [-0.15, -0.1) is 0 Å². The van der Waals surface area contributed by atoms with Gasteiger partial charge in [0, 0.05) is 16.1 Å². The lowest BCUT2D eigenvalue weighted by molar-refractivity contribution is -0.121. The molecule has 1 unspecified atom stereocenters. The third-order valence-corrected chi connectivity index (χ3v) is 9.08. The fourth-order valence-corrected chi connectivity index (χ4v) is 7.06. The number of nitrogens with zero attached hydrogens (tertiary/aromatic N) is 3. The van der Waals surface area contributed by atoms with Gasteiger partial charge < -0.3 is 14.1 Å². The summed E-state index contributed by atoms with van der Waals surface area (Å²) in [6.07, 6.45) is 0. The van der Waals surface area contributed by atoms with E-state index in [0.717, 1.165) is 16.2 Å². The number of fused-ring (bicyclic) bond motifs is 5. The maximum absolute atomic E-state index is 14.9. The summed E-state index contributed by atoms with van der Waals surface area (Å²) >= 11 is 7.07. The van der Waals surface area contributed by atoms with Crippen LogP contribution in [0.15, 0.2) is 75.9 Å². The van der Waals surface area contributed by atoms with E-state index in [4.69, 9.17) is 20.8 Å². The second-order valence-corrected chi connectivity index (χ2v) is 11.4. The number of benzene rings is 3. The lowest BCUT2D eigenvalue weighted by atomic mass is 9.84. The van der Waals surface area contributed by atoms with Gasteiger partial charge in [-0.3, -0.25) is 19.3 Å². The number of aromatic nitrogens is 1. The molecule has 2 amide bonds. The van der Waals surface area contributed by atoms with E-state index in [0.29, 0.717) is 11.3 Å². The van der Waals surface area contributed by atoms with Gasteiger partial charge in [-0.2, -0.15) is 0 Å². The number of carbonyl (C=O) groups is 3. The number of methoxy groups -OCH3 is 1. The highest BCUT2D eigenvalue weighted by Gasteiger charge is 2.66. The van der Waals surface area contributed by atoms with Crippen molar-refractivity contribution in [1.82, 2.24) is 4.98 Å². The molecule has 43 heavy (non-hydrogen) atoms. The van der Waals surface area contributed by atoms with Gasteiger partial charge in [-0.1, -0.05) is 59.3 Å². The largest absolute Gasteiger partial charge is 0.465 e. The number of anilines is 2. The van der Waals surface area contributed by atoms with Crippen LogP contribution in [-0.2, 0) is 21.6 Å². The molecule has 0 radical (unpaired) electrons. The Bertz CT molecular complexity index is 2110. The van der Waals surface area contributed by atoms with Gasteiger partial charge in [0.2, 0.25) is 5.76 Å². The molecule has 0 N–H and O–H groups in total. The van der Waals surface area contributed by atoms with Crippen LogP contribution in [0.4, 0.5) is 15.2 Å². The smallest absolute Gasteiger partial charge is 0.350 e. The van der Waals surface area contributed by atoms with Crippen molar-refractivity contribution in [3.63, 3.8) is 0 Å². The van der Waals surface area contributed by atoms with Gasteiger partial charge in [0.25, 0.3) is 11.8 Å². The van der Waals surface area contributed by atoms with E-state index in [-0.39, 0.29) is 55.1 Å². The number of ether oxygens (including phenoxy) is 1. The Morgan fingerprint density at radius 2 is 1.84 bits per heavy atom. The quantitative estimate of drug-likeness (QED) is 0.243. The first kappa shape index (κ1) is 27.0. The average molecular weight is 616 g/mol. The molecule has 0 saturated heterocycles. The summed E-state index contributed by atoms with van der Waals surface area (Å²) in [5.74, 6) is -3.03. The van der Waals surface area contributed by atoms with Crippen LogP contribution in [0.1, 0.15) is 42.6 Å². The number of thiazole rings is 1. The van der Waals surface area contributed by atoms with Crippen LogP contribution >= 0.6 is 22.9 Å². The van der Waals surface area contributed by atoms with Crippen LogP contribution in [0.3, 0.4) is 0 Å². The van der Waals surface area contributed by atoms with E-state index in [9.17, 15) is 23.6 Å². The molecule has 1 atom stereocenters. The van der Waals surface area contributed by atoms with Crippen molar-refractivity contribution in [3.05, 3.63) is 121 Å². The Hall–Kier alpha value is -4.87. The van der Waals surface area contributed by atoms with Gasteiger partial charge in [0.1, 0.15) is 16.3 Å². The first-order chi connectivity index (χ1) is 20.7. The third kappa shape index (κ3) is 3.64. The van der Waals surface area contributed by atoms with Crippen LogP contribution < -0.4 is 15.2 Å². The van der Waals surface area contributed by atoms with Crippen LogP contribution in [0.5, 0.6) is 0 Å². The Kier molecular flexibility index (Phi) is 6.01. The number of amides is 2. The summed E-state index contributed by atoms with van der Waals surface area (Å²) in [5, 5.41) is 0.308. The van der Waals surface area contributed by atoms with E-state index in [2.05, 4.69) is 4.98 Å². The van der Waals surface area contributed by atoms with Gasteiger partial charge in [0.05, 0.1) is 36.0 Å². The molecule has 7 rings (SSSR count). The number of para-hydroxylation sites is 1. The zero-order valence-electron chi connectivity index (χ0n) is 22.5. The molecule has 4 heterocycles. The molecule has 3 aromatic carbocycles. The highest BCUT2D eigenvalue weighted by atomic mass is 35.5. The maximum atomic E-state index is 14.9. The summed E-state index contributed by atoms with van der Waals surface area (Å²) in [4.78, 5) is 63.2. The molecule has 2 aliphatic rings. The van der Waals surface area contributed by atoms with Crippen LogP contribution in [0.2, 0.25) is 5.02 Å². The van der Waals surface area contributed by atoms with Crippen molar-refractivity contribution in [1.29, 1.82) is 0 Å². The number of carbonyl (C=O) groups excluding carboxylic acids is 3. The standard InChI is InChI=1S/C31H19ClFN3O6S/c1-15-26(28(39)41-2)43-30(34-15)36-27(38)25-23(24(37)18-13-17(32)11-12-22(18)42-25)31(36)19-8-4-6-10-21(19)35(29(31)40)14-16-7-3-5-9-20(16)33/h3-13H,14H2,1-2H3. The molecule has 12 heteroatoms. The molecule has 0 bridgehead atoms. The number of hydrogen-bond donors (Lipinski definition) is 0. The molecule has 0 fully saturated rings. The monoisotopic (exact) mass is 615 g/mol. The van der Waals surface area contributed by atoms with E-state index < -0.39 is 34.6 Å². The number of rotatable bonds is 4. The van der Waals surface area contributed by atoms with Crippen molar-refractivity contribution in [3.8, 4) is 0 Å². The maximum Gasteiger partial charge on any atom is 0.350 e. The highest BCUT2D eigenvalue weighted by Crippen LogP contribution is 2.55. The third-order valence-electron chi connectivity index (χ3n) is 7.72. The average Bonchev–Trinajstić information content (AvgIpc) is 3.59. The van der Waals surface area contributed by atoms with Crippen molar-refractivity contribution >= 4 is 62.5 Å². The van der Waals surface area contributed by atoms with E-state index in [1.807, 2.05) is 0 Å². The van der Waals surface area contributed by atoms with E-state index in [1.54, 1.807) is 49.4 Å². The second-order valence-electron chi connectivity index (χ2n) is 10.0. The Morgan fingerprint density at radius 3 is 2.60 bits per heavy atom. The predicted molar refractivity (Wildman–Crippen MR) is 157 cm³/mol. The summed E-state index contributed by atoms with van der Waals surface area (Å²) in [5.41, 5.74) is -1.66. The van der Waals surface area contributed by atoms with Crippen LogP contribution in [-0.4, -0.2) is 29.9 Å². The lowest BCUT2D eigenvalue weighted by Crippen LogP contribution is -2.53. The van der Waals surface area contributed by atoms with Crippen molar-refractivity contribution < 1.29 is 27.9 Å². The predicted octanol–water partition coefficient (Wildman–Crippen LogP) is 5.59. The Balaban J connectivity index is 1.56. The molecular formula is C31H19ClFN3O6S. The van der Waals surface area contributed by atoms with Crippen LogP contribution in [0.25, 0.3) is 11.0 Å². The van der Waals surface area contributed by atoms with Gasteiger partial charge in [-0.05, 0) is 37.3 Å². The first-order valence-electron chi connectivity index (χ1n) is 13.0. The molecule has 9 nitrogen and oxygen atoms in total. The number of halogens is 2. The minimum absolute atomic E-state index is 0.0216. The van der Waals surface area contributed by atoms with Gasteiger partial charge >= 0.3 is 5.97 Å². The number of hydrogen-bond acceptors (Lipinski definition) is 8. The summed E-state index contributed by atoms with van der Waals surface area (Å²) in [7, 11) is 1.22. The van der Waals surface area contributed by atoms with Gasteiger partial charge in [-0.25, -0.2) is 14.2 Å². The summed E-state index contributed by atoms with van der Waals surface area (Å²) < 4.78 is 25.8. The summed E-state index contributed by atoms with van der Waals surface area (Å²) in [6.45, 7) is 1.39. The van der Waals surface area contributed by atoms with Crippen molar-refractivity contribution in [2.45, 2.75) is 19.0 Å². The first-order valence-corrected chi connectivity index (χ1v) is 14.2. The molecule has 214 valence electrons. The molecule has 0 saturated carbocycles. The normalized spacial score (nSPS) is 17.2. The van der Waals surface area contributed by atoms with E-state index in [1.165, 1.54) is 36.3 Å². The molecule has 0 aliphatic carbocycles. The van der Waals surface area contributed by atoms with Gasteiger partial charge in [0.15, 0.2) is 16.1 Å². The topological polar surface area (TPSA) is 110 Å². The minimum Gasteiger partial charge on any atom is -0.465 e. The Labute approximate surface area is 251 Å². The minimum atomic E-state index is -2.08. The van der Waals surface area contributed by atoms with Crippen molar-refractivity contribution in [2.24, 2.45) is 0 Å². The zero-order valence-corrected chi connectivity index (χ0v) is 24.1. The molecule has 1 spiro atoms. The Morgan fingerprint density at radius 1 is 1.09 bits per heavy atom. The fourth-order valence-electron chi connectivity index (χ4n) is 5.85. The zero-order chi connectivity index (χ0) is 30.2.